The van der Waals surface area contributed by atoms with Crippen LogP contribution in [0.3, 0.4) is 0 Å². The van der Waals surface area contributed by atoms with Crippen molar-refractivity contribution in [2.24, 2.45) is 0 Å². The van der Waals surface area contributed by atoms with Gasteiger partial charge < -0.3 is 10.2 Å². The van der Waals surface area contributed by atoms with Crippen molar-refractivity contribution in [3.8, 4) is 0 Å². The van der Waals surface area contributed by atoms with Crippen LogP contribution in [0.15, 0.2) is 0 Å². The van der Waals surface area contributed by atoms with E-state index < -0.39 is 0 Å². The Morgan fingerprint density at radius 3 is 2.56 bits per heavy atom. The fourth-order valence-corrected chi connectivity index (χ4v) is 1.94. The van der Waals surface area contributed by atoms with E-state index in [0.29, 0.717) is 5.95 Å². The largest absolute Gasteiger partial charge is 0.344 e. The lowest BCUT2D eigenvalue weighted by Gasteiger charge is -2.26. The van der Waals surface area contributed by atoms with Crippen molar-refractivity contribution in [3.05, 3.63) is 11.4 Å². The van der Waals surface area contributed by atoms with Crippen LogP contribution in [0.1, 0.15) is 30.7 Å². The summed E-state index contributed by atoms with van der Waals surface area (Å²) >= 11 is 0. The number of hydrogen-bond acceptors (Lipinski definition) is 5. The highest BCUT2D eigenvalue weighted by atomic mass is 16.2. The third-order valence-electron chi connectivity index (χ3n) is 3.20. The third-order valence-corrected chi connectivity index (χ3v) is 3.20. The number of nitrogens with zero attached hydrogens (tertiary/aromatic N) is 4. The molecule has 0 aromatic carbocycles. The monoisotopic (exact) mass is 249 g/mol. The van der Waals surface area contributed by atoms with Gasteiger partial charge in [0.05, 0.1) is 17.9 Å². The average Bonchev–Trinajstić information content (AvgIpc) is 2.41. The molecule has 1 aliphatic rings. The molecule has 6 nitrogen and oxygen atoms in total. The number of amides is 1. The number of piperidine rings is 1. The van der Waals surface area contributed by atoms with E-state index in [2.05, 4.69) is 20.5 Å². The number of carbonyl (C=O) groups excluding carboxylic acids is 1. The van der Waals surface area contributed by atoms with E-state index in [4.69, 9.17) is 0 Å². The molecule has 2 heterocycles. The van der Waals surface area contributed by atoms with Crippen LogP contribution in [0.25, 0.3) is 0 Å². The van der Waals surface area contributed by atoms with Gasteiger partial charge >= 0.3 is 0 Å². The second kappa shape index (κ2) is 5.75. The number of aryl methyl sites for hydroxylation is 2. The lowest BCUT2D eigenvalue weighted by Crippen LogP contribution is -2.39. The average molecular weight is 249 g/mol. The van der Waals surface area contributed by atoms with Gasteiger partial charge in [-0.15, -0.1) is 5.10 Å². The maximum absolute atomic E-state index is 11.9. The summed E-state index contributed by atoms with van der Waals surface area (Å²) in [6, 6.07) is 0. The van der Waals surface area contributed by atoms with Gasteiger partial charge in [-0.25, -0.2) is 4.98 Å². The SMILES string of the molecule is Cc1nnc(NCC(=O)N2CCCCC2)nc1C. The number of anilines is 1. The summed E-state index contributed by atoms with van der Waals surface area (Å²) in [5, 5.41) is 10.8. The van der Waals surface area contributed by atoms with Gasteiger partial charge in [0.25, 0.3) is 0 Å². The Labute approximate surface area is 107 Å². The zero-order valence-corrected chi connectivity index (χ0v) is 10.9. The number of nitrogens with one attached hydrogen (secondary N) is 1. The Bertz CT molecular complexity index is 428. The second-order valence-corrected chi connectivity index (χ2v) is 4.60. The molecule has 2 rings (SSSR count). The number of aromatic nitrogens is 3. The predicted molar refractivity (Wildman–Crippen MR) is 68.2 cm³/mol. The quantitative estimate of drug-likeness (QED) is 0.862. The number of hydrogen-bond donors (Lipinski definition) is 1. The minimum absolute atomic E-state index is 0.108. The van der Waals surface area contributed by atoms with Gasteiger partial charge in [0, 0.05) is 13.1 Å². The van der Waals surface area contributed by atoms with Gasteiger partial charge in [0.2, 0.25) is 11.9 Å². The summed E-state index contributed by atoms with van der Waals surface area (Å²) < 4.78 is 0. The summed E-state index contributed by atoms with van der Waals surface area (Å²) in [5.74, 6) is 0.528. The highest BCUT2D eigenvalue weighted by Gasteiger charge is 2.16. The summed E-state index contributed by atoms with van der Waals surface area (Å²) in [6.07, 6.45) is 3.43. The Morgan fingerprint density at radius 2 is 1.89 bits per heavy atom. The first-order chi connectivity index (χ1) is 8.66. The van der Waals surface area contributed by atoms with Gasteiger partial charge in [-0.05, 0) is 33.1 Å². The van der Waals surface area contributed by atoms with E-state index in [1.165, 1.54) is 6.42 Å². The van der Waals surface area contributed by atoms with Gasteiger partial charge in [0.15, 0.2) is 0 Å². The first-order valence-electron chi connectivity index (χ1n) is 6.36. The predicted octanol–water partition coefficient (Wildman–Crippen LogP) is 0.913. The molecule has 0 atom stereocenters. The zero-order valence-electron chi connectivity index (χ0n) is 10.9. The molecule has 98 valence electrons. The molecule has 0 saturated carbocycles. The Hall–Kier alpha value is -1.72. The van der Waals surface area contributed by atoms with Crippen molar-refractivity contribution in [1.82, 2.24) is 20.1 Å². The summed E-state index contributed by atoms with van der Waals surface area (Å²) in [4.78, 5) is 18.0. The zero-order chi connectivity index (χ0) is 13.0. The molecular formula is C12H19N5O. The maximum Gasteiger partial charge on any atom is 0.243 e. The minimum Gasteiger partial charge on any atom is -0.344 e. The first kappa shape index (κ1) is 12.7. The van der Waals surface area contributed by atoms with E-state index in [0.717, 1.165) is 37.3 Å². The van der Waals surface area contributed by atoms with Crippen LogP contribution in [0.4, 0.5) is 5.95 Å². The summed E-state index contributed by atoms with van der Waals surface area (Å²) in [7, 11) is 0. The van der Waals surface area contributed by atoms with Crippen LogP contribution in [0.5, 0.6) is 0 Å². The first-order valence-corrected chi connectivity index (χ1v) is 6.36. The third kappa shape index (κ3) is 3.15. The normalized spacial score (nSPS) is 15.6. The van der Waals surface area contributed by atoms with Crippen molar-refractivity contribution in [2.75, 3.05) is 25.0 Å². The molecule has 0 radical (unpaired) electrons. The van der Waals surface area contributed by atoms with Gasteiger partial charge in [0.1, 0.15) is 0 Å². The molecule has 1 saturated heterocycles. The fraction of sp³-hybridized carbons (Fsp3) is 0.667. The Morgan fingerprint density at radius 1 is 1.17 bits per heavy atom. The standard InChI is InChI=1S/C12H19N5O/c1-9-10(2)15-16-12(14-9)13-8-11(18)17-6-4-3-5-7-17/h3-8H2,1-2H3,(H,13,14,16). The van der Waals surface area contributed by atoms with Crippen molar-refractivity contribution in [3.63, 3.8) is 0 Å². The van der Waals surface area contributed by atoms with Crippen molar-refractivity contribution in [2.45, 2.75) is 33.1 Å². The highest BCUT2D eigenvalue weighted by Crippen LogP contribution is 2.09. The molecule has 0 spiro atoms. The lowest BCUT2D eigenvalue weighted by atomic mass is 10.1. The van der Waals surface area contributed by atoms with Gasteiger partial charge in [-0.3, -0.25) is 4.79 Å². The fourth-order valence-electron chi connectivity index (χ4n) is 1.94. The lowest BCUT2D eigenvalue weighted by molar-refractivity contribution is -0.130. The molecule has 1 fully saturated rings. The Kier molecular flexibility index (Phi) is 4.07. The van der Waals surface area contributed by atoms with Crippen LogP contribution in [0, 0.1) is 13.8 Å². The number of rotatable bonds is 3. The topological polar surface area (TPSA) is 71.0 Å². The van der Waals surface area contributed by atoms with Crippen LogP contribution in [-0.2, 0) is 4.79 Å². The summed E-state index contributed by atoms with van der Waals surface area (Å²) in [6.45, 7) is 5.71. The molecule has 1 aromatic heterocycles. The number of likely N-dealkylation sites (tertiary alicyclic amines) is 1. The molecule has 6 heteroatoms. The highest BCUT2D eigenvalue weighted by molar-refractivity contribution is 5.80. The van der Waals surface area contributed by atoms with Gasteiger partial charge in [-0.1, -0.05) is 0 Å². The molecule has 1 aromatic rings. The molecule has 0 bridgehead atoms. The van der Waals surface area contributed by atoms with Crippen molar-refractivity contribution >= 4 is 11.9 Å². The molecule has 0 aliphatic carbocycles. The molecular weight excluding hydrogens is 230 g/mol. The maximum atomic E-state index is 11.9. The Balaban J connectivity index is 1.86. The second-order valence-electron chi connectivity index (χ2n) is 4.60. The number of carbonyl (C=O) groups is 1. The van der Waals surface area contributed by atoms with Crippen LogP contribution in [0.2, 0.25) is 0 Å². The van der Waals surface area contributed by atoms with E-state index in [1.807, 2.05) is 18.7 Å². The van der Waals surface area contributed by atoms with E-state index >= 15 is 0 Å². The smallest absolute Gasteiger partial charge is 0.243 e. The van der Waals surface area contributed by atoms with E-state index in [-0.39, 0.29) is 12.5 Å². The van der Waals surface area contributed by atoms with Crippen LogP contribution < -0.4 is 5.32 Å². The van der Waals surface area contributed by atoms with Crippen LogP contribution in [-0.4, -0.2) is 45.6 Å². The molecule has 0 unspecified atom stereocenters. The summed E-state index contributed by atoms with van der Waals surface area (Å²) in [5.41, 5.74) is 1.64. The van der Waals surface area contributed by atoms with Crippen molar-refractivity contribution in [1.29, 1.82) is 0 Å². The minimum atomic E-state index is 0.108. The van der Waals surface area contributed by atoms with E-state index in [1.54, 1.807) is 0 Å². The molecule has 1 amide bonds. The molecule has 1 aliphatic heterocycles. The molecule has 1 N–H and O–H groups in total. The molecule has 18 heavy (non-hydrogen) atoms. The van der Waals surface area contributed by atoms with Crippen LogP contribution >= 0.6 is 0 Å². The van der Waals surface area contributed by atoms with Gasteiger partial charge in [-0.2, -0.15) is 5.10 Å². The van der Waals surface area contributed by atoms with Crippen molar-refractivity contribution < 1.29 is 4.79 Å². The van der Waals surface area contributed by atoms with E-state index in [9.17, 15) is 4.79 Å².